The van der Waals surface area contributed by atoms with E-state index in [1.54, 1.807) is 5.57 Å². The smallest absolute Gasteiger partial charge is 0.134 e. The van der Waals surface area contributed by atoms with Crippen molar-refractivity contribution in [2.45, 2.75) is 12.5 Å². The third-order valence-corrected chi connectivity index (χ3v) is 4.49. The molecule has 0 spiro atoms. The third-order valence-electron chi connectivity index (χ3n) is 4.49. The summed E-state index contributed by atoms with van der Waals surface area (Å²) >= 11 is 0. The summed E-state index contributed by atoms with van der Waals surface area (Å²) in [7, 11) is 0. The van der Waals surface area contributed by atoms with E-state index in [2.05, 4.69) is 66.0 Å². The molecular weight excluding hydrogens is 310 g/mol. The Hall–Kier alpha value is -1.38. The summed E-state index contributed by atoms with van der Waals surface area (Å²) in [5, 5.41) is 2.50. The zero-order valence-corrected chi connectivity index (χ0v) is 12.9. The van der Waals surface area contributed by atoms with Gasteiger partial charge in [0.05, 0.1) is 6.54 Å². The van der Waals surface area contributed by atoms with Gasteiger partial charge in [-0.25, -0.2) is 0 Å². The molecular formula is C18H18BrN. The minimum atomic E-state index is 0. The number of fused-ring (bicyclic) bond motifs is 2. The van der Waals surface area contributed by atoms with Gasteiger partial charge in [0, 0.05) is 17.1 Å². The standard InChI is InChI=1S/C18H17N.BrH/c1-2-6-13(7-3-1)18-17-11-15-9-5-4-8-14(15)10-16(17)12-19-18;/h1-9,11,16,18-19H,10,12H2;1H. The zero-order valence-electron chi connectivity index (χ0n) is 11.3. The monoisotopic (exact) mass is 327 g/mol. The number of hydrogen-bond donors (Lipinski definition) is 1. The van der Waals surface area contributed by atoms with Gasteiger partial charge in [0.2, 0.25) is 0 Å². The molecule has 0 radical (unpaired) electrons. The Kier molecular flexibility index (Phi) is 3.77. The fraction of sp³-hybridized carbons (Fsp3) is 0.222. The Labute approximate surface area is 130 Å². The van der Waals surface area contributed by atoms with E-state index in [0.29, 0.717) is 6.04 Å². The molecule has 0 saturated carbocycles. The molecule has 4 rings (SSSR count). The van der Waals surface area contributed by atoms with E-state index >= 15 is 0 Å². The topological polar surface area (TPSA) is 16.6 Å². The van der Waals surface area contributed by atoms with Crippen LogP contribution < -0.4 is 22.3 Å². The Morgan fingerprint density at radius 3 is 2.50 bits per heavy atom. The average molecular weight is 328 g/mol. The van der Waals surface area contributed by atoms with Gasteiger partial charge in [0.25, 0.3) is 0 Å². The fourth-order valence-corrected chi connectivity index (χ4v) is 3.53. The van der Waals surface area contributed by atoms with Crippen molar-refractivity contribution in [3.63, 3.8) is 0 Å². The first-order valence-corrected chi connectivity index (χ1v) is 7.09. The van der Waals surface area contributed by atoms with Gasteiger partial charge in [0.15, 0.2) is 0 Å². The van der Waals surface area contributed by atoms with Gasteiger partial charge < -0.3 is 22.3 Å². The van der Waals surface area contributed by atoms with Crippen LogP contribution >= 0.6 is 0 Å². The molecule has 20 heavy (non-hydrogen) atoms. The van der Waals surface area contributed by atoms with Crippen LogP contribution in [0.2, 0.25) is 0 Å². The molecule has 2 heteroatoms. The van der Waals surface area contributed by atoms with Gasteiger partial charge in [-0.15, -0.1) is 0 Å². The van der Waals surface area contributed by atoms with E-state index < -0.39 is 0 Å². The van der Waals surface area contributed by atoms with Crippen LogP contribution in [-0.4, -0.2) is 6.54 Å². The highest BCUT2D eigenvalue weighted by Crippen LogP contribution is 2.36. The van der Waals surface area contributed by atoms with E-state index in [1.807, 2.05) is 0 Å². The van der Waals surface area contributed by atoms with Crippen molar-refractivity contribution in [1.82, 2.24) is 0 Å². The molecule has 0 aromatic heterocycles. The molecule has 1 saturated heterocycles. The molecule has 2 atom stereocenters. The van der Waals surface area contributed by atoms with Crippen LogP contribution in [0.5, 0.6) is 0 Å². The summed E-state index contributed by atoms with van der Waals surface area (Å²) in [6.07, 6.45) is 3.65. The highest BCUT2D eigenvalue weighted by molar-refractivity contribution is 5.62. The maximum absolute atomic E-state index is 2.50. The summed E-state index contributed by atoms with van der Waals surface area (Å²) in [4.78, 5) is 0. The van der Waals surface area contributed by atoms with Crippen LogP contribution in [0.1, 0.15) is 22.7 Å². The number of quaternary nitrogens is 1. The molecule has 102 valence electrons. The Morgan fingerprint density at radius 2 is 1.65 bits per heavy atom. The molecule has 1 fully saturated rings. The highest BCUT2D eigenvalue weighted by atomic mass is 79.9. The Morgan fingerprint density at radius 1 is 0.900 bits per heavy atom. The normalized spacial score (nSPS) is 23.3. The molecule has 1 aliphatic carbocycles. The van der Waals surface area contributed by atoms with Gasteiger partial charge in [-0.3, -0.25) is 0 Å². The summed E-state index contributed by atoms with van der Waals surface area (Å²) in [5.41, 5.74) is 5.99. The summed E-state index contributed by atoms with van der Waals surface area (Å²) in [6.45, 7) is 1.22. The summed E-state index contributed by atoms with van der Waals surface area (Å²) in [6, 6.07) is 20.3. The van der Waals surface area contributed by atoms with Crippen molar-refractivity contribution < 1.29 is 22.3 Å². The summed E-state index contributed by atoms with van der Waals surface area (Å²) in [5.74, 6) is 0.722. The lowest BCUT2D eigenvalue weighted by molar-refractivity contribution is -0.674. The largest absolute Gasteiger partial charge is 1.00 e. The molecule has 1 heterocycles. The second-order valence-corrected chi connectivity index (χ2v) is 5.60. The lowest BCUT2D eigenvalue weighted by Crippen LogP contribution is -3.00. The maximum atomic E-state index is 2.50. The maximum Gasteiger partial charge on any atom is 0.134 e. The zero-order chi connectivity index (χ0) is 12.7. The minimum Gasteiger partial charge on any atom is -1.00 e. The van der Waals surface area contributed by atoms with E-state index in [-0.39, 0.29) is 17.0 Å². The Bertz CT molecular complexity index is 633. The molecule has 2 aromatic carbocycles. The number of rotatable bonds is 1. The number of benzene rings is 2. The van der Waals surface area contributed by atoms with Crippen LogP contribution in [-0.2, 0) is 6.42 Å². The van der Waals surface area contributed by atoms with Crippen LogP contribution in [0.15, 0.2) is 60.2 Å². The SMILES string of the molecule is C1=C2C(C[NH2+]C2c2ccccc2)Cc2ccccc21.[Br-]. The van der Waals surface area contributed by atoms with Gasteiger partial charge in [0.1, 0.15) is 6.04 Å². The summed E-state index contributed by atoms with van der Waals surface area (Å²) < 4.78 is 0. The van der Waals surface area contributed by atoms with Gasteiger partial charge in [-0.05, 0) is 23.6 Å². The van der Waals surface area contributed by atoms with Gasteiger partial charge in [-0.2, -0.15) is 0 Å². The molecule has 2 aliphatic rings. The molecule has 2 aromatic rings. The van der Waals surface area contributed by atoms with E-state index in [0.717, 1.165) is 5.92 Å². The van der Waals surface area contributed by atoms with Crippen LogP contribution in [0.25, 0.3) is 6.08 Å². The van der Waals surface area contributed by atoms with Crippen LogP contribution in [0.3, 0.4) is 0 Å². The lowest BCUT2D eigenvalue weighted by Gasteiger charge is -2.20. The third kappa shape index (κ3) is 2.23. The van der Waals surface area contributed by atoms with Gasteiger partial charge in [-0.1, -0.05) is 54.6 Å². The van der Waals surface area contributed by atoms with Crippen molar-refractivity contribution in [2.75, 3.05) is 6.54 Å². The average Bonchev–Trinajstić information content (AvgIpc) is 2.88. The molecule has 0 bridgehead atoms. The van der Waals surface area contributed by atoms with E-state index in [9.17, 15) is 0 Å². The van der Waals surface area contributed by atoms with Gasteiger partial charge >= 0.3 is 0 Å². The lowest BCUT2D eigenvalue weighted by atomic mass is 9.82. The molecule has 1 nitrogen and oxygen atoms in total. The first kappa shape index (κ1) is 13.6. The first-order valence-electron chi connectivity index (χ1n) is 7.09. The quantitative estimate of drug-likeness (QED) is 0.731. The Balaban J connectivity index is 0.00000121. The van der Waals surface area contributed by atoms with Crippen molar-refractivity contribution >= 4 is 6.08 Å². The number of hydrogen-bond acceptors (Lipinski definition) is 0. The van der Waals surface area contributed by atoms with Crippen molar-refractivity contribution in [1.29, 1.82) is 0 Å². The number of halogens is 1. The van der Waals surface area contributed by atoms with Crippen LogP contribution in [0.4, 0.5) is 0 Å². The van der Waals surface area contributed by atoms with Crippen molar-refractivity contribution in [3.05, 3.63) is 76.9 Å². The predicted molar refractivity (Wildman–Crippen MR) is 77.6 cm³/mol. The minimum absolute atomic E-state index is 0. The first-order chi connectivity index (χ1) is 9.42. The highest BCUT2D eigenvalue weighted by Gasteiger charge is 2.37. The predicted octanol–water partition coefficient (Wildman–Crippen LogP) is -0.435. The van der Waals surface area contributed by atoms with Crippen molar-refractivity contribution in [3.8, 4) is 0 Å². The second kappa shape index (κ2) is 5.55. The van der Waals surface area contributed by atoms with Crippen LogP contribution in [0, 0.1) is 5.92 Å². The molecule has 0 amide bonds. The van der Waals surface area contributed by atoms with E-state index in [4.69, 9.17) is 0 Å². The second-order valence-electron chi connectivity index (χ2n) is 5.60. The molecule has 2 N–H and O–H groups in total. The van der Waals surface area contributed by atoms with Crippen molar-refractivity contribution in [2.24, 2.45) is 5.92 Å². The van der Waals surface area contributed by atoms with E-state index in [1.165, 1.54) is 29.7 Å². The fourth-order valence-electron chi connectivity index (χ4n) is 3.53. The molecule has 1 aliphatic heterocycles. The molecule has 2 unspecified atom stereocenters. The number of nitrogens with two attached hydrogens (primary N) is 1.